The van der Waals surface area contributed by atoms with Gasteiger partial charge < -0.3 is 15.0 Å². The molecule has 2 rings (SSSR count). The summed E-state index contributed by atoms with van der Waals surface area (Å²) < 4.78 is 5.35. The summed E-state index contributed by atoms with van der Waals surface area (Å²) in [5.74, 6) is 0.479. The fourth-order valence-electron chi connectivity index (χ4n) is 3.07. The molecule has 5 heteroatoms. The van der Waals surface area contributed by atoms with Crippen LogP contribution in [0.2, 0.25) is 0 Å². The van der Waals surface area contributed by atoms with Crippen LogP contribution in [0.4, 0.5) is 5.69 Å². The number of benzene rings is 2. The molecular weight excluding hydrogens is 340 g/mol. The molecule has 0 aliphatic heterocycles. The van der Waals surface area contributed by atoms with Gasteiger partial charge in [0.25, 0.3) is 0 Å². The summed E-state index contributed by atoms with van der Waals surface area (Å²) in [6.45, 7) is 6.00. The first kappa shape index (κ1) is 20.5. The monoisotopic (exact) mass is 368 g/mol. The van der Waals surface area contributed by atoms with Gasteiger partial charge in [-0.1, -0.05) is 43.3 Å². The summed E-state index contributed by atoms with van der Waals surface area (Å²) in [7, 11) is 1.63. The summed E-state index contributed by atoms with van der Waals surface area (Å²) in [5.41, 5.74) is 3.97. The van der Waals surface area contributed by atoms with Crippen molar-refractivity contribution in [2.24, 2.45) is 0 Å². The molecule has 0 bridgehead atoms. The SMILES string of the molecule is CCc1cccc(C)c1NC(=O)CN(CCc1ccccc1OC)C(C)=O. The van der Waals surface area contributed by atoms with Crippen LogP contribution in [0, 0.1) is 6.92 Å². The van der Waals surface area contributed by atoms with Gasteiger partial charge in [0.2, 0.25) is 11.8 Å². The van der Waals surface area contributed by atoms with E-state index in [0.717, 1.165) is 34.5 Å². The van der Waals surface area contributed by atoms with E-state index in [-0.39, 0.29) is 18.4 Å². The fraction of sp³-hybridized carbons (Fsp3) is 0.364. The molecule has 0 saturated carbocycles. The van der Waals surface area contributed by atoms with E-state index >= 15 is 0 Å². The number of nitrogens with zero attached hydrogens (tertiary/aromatic N) is 1. The maximum Gasteiger partial charge on any atom is 0.244 e. The van der Waals surface area contributed by atoms with Crippen molar-refractivity contribution in [3.8, 4) is 5.75 Å². The number of amides is 2. The maximum atomic E-state index is 12.6. The van der Waals surface area contributed by atoms with E-state index in [1.54, 1.807) is 12.0 Å². The first-order valence-electron chi connectivity index (χ1n) is 9.22. The second-order valence-electron chi connectivity index (χ2n) is 6.51. The van der Waals surface area contributed by atoms with E-state index in [2.05, 4.69) is 12.2 Å². The van der Waals surface area contributed by atoms with Gasteiger partial charge in [0.15, 0.2) is 0 Å². The summed E-state index contributed by atoms with van der Waals surface area (Å²) in [6.07, 6.45) is 1.46. The van der Waals surface area contributed by atoms with Gasteiger partial charge in [0.1, 0.15) is 5.75 Å². The Morgan fingerprint density at radius 1 is 1.07 bits per heavy atom. The summed E-state index contributed by atoms with van der Waals surface area (Å²) >= 11 is 0. The zero-order valence-corrected chi connectivity index (χ0v) is 16.5. The number of ether oxygens (including phenoxy) is 1. The van der Waals surface area contributed by atoms with Crippen molar-refractivity contribution in [3.63, 3.8) is 0 Å². The Morgan fingerprint density at radius 3 is 2.44 bits per heavy atom. The second kappa shape index (κ2) is 9.76. The van der Waals surface area contributed by atoms with Crippen LogP contribution in [0.1, 0.15) is 30.5 Å². The number of para-hydroxylation sites is 2. The first-order valence-corrected chi connectivity index (χ1v) is 9.22. The number of hydrogen-bond donors (Lipinski definition) is 1. The molecule has 0 saturated heterocycles. The smallest absolute Gasteiger partial charge is 0.244 e. The summed E-state index contributed by atoms with van der Waals surface area (Å²) in [5, 5.41) is 2.98. The first-order chi connectivity index (χ1) is 13.0. The number of nitrogens with one attached hydrogen (secondary N) is 1. The molecular formula is C22H28N2O3. The topological polar surface area (TPSA) is 58.6 Å². The molecule has 0 atom stereocenters. The number of methoxy groups -OCH3 is 1. The molecule has 1 N–H and O–H groups in total. The predicted octanol–water partition coefficient (Wildman–Crippen LogP) is 3.60. The average Bonchev–Trinajstić information content (AvgIpc) is 2.66. The lowest BCUT2D eigenvalue weighted by Gasteiger charge is -2.22. The standard InChI is InChI=1S/C22H28N2O3/c1-5-18-11-8-9-16(2)22(18)23-21(26)15-24(17(3)25)14-13-19-10-6-7-12-20(19)27-4/h6-12H,5,13-15H2,1-4H3,(H,23,26). The van der Waals surface area contributed by atoms with E-state index in [1.807, 2.05) is 49.4 Å². The van der Waals surface area contributed by atoms with Crippen molar-refractivity contribution in [2.45, 2.75) is 33.6 Å². The van der Waals surface area contributed by atoms with E-state index in [9.17, 15) is 9.59 Å². The number of anilines is 1. The third-order valence-electron chi connectivity index (χ3n) is 4.63. The molecule has 2 aromatic carbocycles. The minimum atomic E-state index is -0.186. The van der Waals surface area contributed by atoms with Gasteiger partial charge in [-0.3, -0.25) is 9.59 Å². The van der Waals surface area contributed by atoms with Crippen molar-refractivity contribution in [3.05, 3.63) is 59.2 Å². The lowest BCUT2D eigenvalue weighted by molar-refractivity contribution is -0.132. The Kier molecular flexibility index (Phi) is 7.41. The third-order valence-corrected chi connectivity index (χ3v) is 4.63. The van der Waals surface area contributed by atoms with E-state index in [1.165, 1.54) is 6.92 Å². The van der Waals surface area contributed by atoms with Crippen LogP contribution in [-0.2, 0) is 22.4 Å². The van der Waals surface area contributed by atoms with Gasteiger partial charge in [-0.05, 0) is 42.5 Å². The van der Waals surface area contributed by atoms with Crippen LogP contribution in [0.15, 0.2) is 42.5 Å². The van der Waals surface area contributed by atoms with Gasteiger partial charge >= 0.3 is 0 Å². The van der Waals surface area contributed by atoms with Crippen LogP contribution in [0.3, 0.4) is 0 Å². The highest BCUT2D eigenvalue weighted by molar-refractivity contribution is 5.95. The molecule has 0 fully saturated rings. The second-order valence-corrected chi connectivity index (χ2v) is 6.51. The maximum absolute atomic E-state index is 12.6. The molecule has 5 nitrogen and oxygen atoms in total. The van der Waals surface area contributed by atoms with Crippen molar-refractivity contribution in [2.75, 3.05) is 25.5 Å². The Labute approximate surface area is 161 Å². The van der Waals surface area contributed by atoms with Gasteiger partial charge in [0.05, 0.1) is 13.7 Å². The Hall–Kier alpha value is -2.82. The molecule has 0 spiro atoms. The highest BCUT2D eigenvalue weighted by atomic mass is 16.5. The zero-order chi connectivity index (χ0) is 19.8. The number of carbonyl (C=O) groups is 2. The highest BCUT2D eigenvalue weighted by Gasteiger charge is 2.16. The Morgan fingerprint density at radius 2 is 1.78 bits per heavy atom. The van der Waals surface area contributed by atoms with Crippen LogP contribution in [0.5, 0.6) is 5.75 Å². The minimum Gasteiger partial charge on any atom is -0.496 e. The highest BCUT2D eigenvalue weighted by Crippen LogP contribution is 2.21. The molecule has 27 heavy (non-hydrogen) atoms. The molecule has 0 radical (unpaired) electrons. The summed E-state index contributed by atoms with van der Waals surface area (Å²) in [6, 6.07) is 13.7. The Bertz CT molecular complexity index is 802. The van der Waals surface area contributed by atoms with E-state index in [0.29, 0.717) is 13.0 Å². The predicted molar refractivity (Wildman–Crippen MR) is 108 cm³/mol. The molecule has 0 unspecified atom stereocenters. The third kappa shape index (κ3) is 5.58. The largest absolute Gasteiger partial charge is 0.496 e. The van der Waals surface area contributed by atoms with Gasteiger partial charge in [-0.15, -0.1) is 0 Å². The molecule has 0 aliphatic rings. The molecule has 0 aliphatic carbocycles. The number of aryl methyl sites for hydroxylation is 2. The molecule has 0 heterocycles. The minimum absolute atomic E-state index is 0.0297. The molecule has 144 valence electrons. The average molecular weight is 368 g/mol. The van der Waals surface area contributed by atoms with Crippen LogP contribution in [0.25, 0.3) is 0 Å². The number of carbonyl (C=O) groups excluding carboxylic acids is 2. The molecule has 2 aromatic rings. The van der Waals surface area contributed by atoms with Crippen LogP contribution >= 0.6 is 0 Å². The zero-order valence-electron chi connectivity index (χ0n) is 16.5. The summed E-state index contributed by atoms with van der Waals surface area (Å²) in [4.78, 5) is 26.1. The van der Waals surface area contributed by atoms with Crippen molar-refractivity contribution < 1.29 is 14.3 Å². The van der Waals surface area contributed by atoms with Gasteiger partial charge in [0, 0.05) is 19.2 Å². The van der Waals surface area contributed by atoms with E-state index < -0.39 is 0 Å². The van der Waals surface area contributed by atoms with E-state index in [4.69, 9.17) is 4.74 Å². The molecule has 0 aromatic heterocycles. The van der Waals surface area contributed by atoms with Crippen LogP contribution < -0.4 is 10.1 Å². The normalized spacial score (nSPS) is 10.4. The van der Waals surface area contributed by atoms with Crippen molar-refractivity contribution >= 4 is 17.5 Å². The van der Waals surface area contributed by atoms with Crippen molar-refractivity contribution in [1.29, 1.82) is 0 Å². The van der Waals surface area contributed by atoms with Gasteiger partial charge in [-0.2, -0.15) is 0 Å². The molecule has 2 amide bonds. The quantitative estimate of drug-likeness (QED) is 0.775. The Balaban J connectivity index is 2.04. The lowest BCUT2D eigenvalue weighted by Crippen LogP contribution is -2.38. The lowest BCUT2D eigenvalue weighted by atomic mass is 10.1. The number of rotatable bonds is 8. The van der Waals surface area contributed by atoms with Gasteiger partial charge in [-0.25, -0.2) is 0 Å². The fourth-order valence-corrected chi connectivity index (χ4v) is 3.07. The van der Waals surface area contributed by atoms with Crippen LogP contribution in [-0.4, -0.2) is 36.9 Å². The number of hydrogen-bond acceptors (Lipinski definition) is 3. The van der Waals surface area contributed by atoms with Crippen molar-refractivity contribution in [1.82, 2.24) is 4.90 Å².